The zero-order valence-electron chi connectivity index (χ0n) is 56.9. The van der Waals surface area contributed by atoms with Crippen LogP contribution in [0.5, 0.6) is 5.88 Å². The van der Waals surface area contributed by atoms with E-state index in [4.69, 9.17) is 31.7 Å². The Hall–Kier alpha value is -10.6. The van der Waals surface area contributed by atoms with Gasteiger partial charge in [-0.3, -0.25) is 33.1 Å². The lowest BCUT2D eigenvalue weighted by Crippen LogP contribution is -2.36. The Balaban J connectivity index is 0.000000130. The number of aromatic nitrogens is 18. The summed E-state index contributed by atoms with van der Waals surface area (Å²) in [6.45, 7) is 27.2. The van der Waals surface area contributed by atoms with E-state index < -0.39 is 0 Å². The minimum atomic E-state index is 0.0313. The number of hydrogen-bond donors (Lipinski definition) is 0. The first-order valence-electron chi connectivity index (χ1n) is 32.9. The standard InChI is InChI=1S/C24H29N7O2.C24H29N7O.C22H22N8O/c1-14(2)31-13-21-23(24(33-5)29(4)28-21)20-11-17-16(8-9-19(17)25-26-20)18-12-30(27-15(18)3)10-6-7-22(31)32;1-14(2)31-13-22-24(16(4)29(5)28-22)21-11-18-17(8-9-20(18)25-26-21)19-12-30(27-15(19)3)10-6-7-23(31)32;1-13-16-11-30(26-13)9-5-6-20(31)28(3)12-19-21(22(23-2)29(4)27-19)18-10-15-14(16)7-8-17(15)24-25-18/h8,11-12,14H,6-7,9-10,13H2,1-5H3;8,11-12,14H,6-7,9-10,13H2,1-5H3;7,10-11H,5-6,8-9,12H2,1,3-4H3. The molecule has 12 bridgehead atoms. The van der Waals surface area contributed by atoms with Gasteiger partial charge in [-0.05, 0) is 110 Å². The fourth-order valence-electron chi connectivity index (χ4n) is 13.9. The molecule has 9 aromatic rings. The molecule has 494 valence electrons. The molecule has 0 spiro atoms. The molecule has 26 heteroatoms. The first kappa shape index (κ1) is 64.1. The van der Waals surface area contributed by atoms with E-state index in [9.17, 15) is 14.4 Å². The molecule has 12 heterocycles. The molecule has 0 fully saturated rings. The predicted molar refractivity (Wildman–Crippen MR) is 359 cm³/mol. The van der Waals surface area contributed by atoms with Crippen LogP contribution >= 0.6 is 0 Å². The van der Waals surface area contributed by atoms with Crippen molar-refractivity contribution in [3.63, 3.8) is 0 Å². The third-order valence-electron chi connectivity index (χ3n) is 19.0. The molecule has 15 rings (SSSR count). The van der Waals surface area contributed by atoms with Crippen molar-refractivity contribution in [1.29, 1.82) is 0 Å². The summed E-state index contributed by atoms with van der Waals surface area (Å²) >= 11 is 0. The van der Waals surface area contributed by atoms with E-state index in [-0.39, 0.29) is 29.8 Å². The van der Waals surface area contributed by atoms with Crippen molar-refractivity contribution in [3.8, 4) is 39.7 Å². The van der Waals surface area contributed by atoms with Gasteiger partial charge in [-0.1, -0.05) is 24.8 Å². The first-order valence-corrected chi connectivity index (χ1v) is 32.9. The summed E-state index contributed by atoms with van der Waals surface area (Å²) in [6.07, 6.45) is 18.6. The van der Waals surface area contributed by atoms with Crippen molar-refractivity contribution in [1.82, 2.24) is 104 Å². The van der Waals surface area contributed by atoms with E-state index in [1.807, 2.05) is 96.4 Å². The number of fused-ring (bicyclic) bond motifs is 18. The Labute approximate surface area is 557 Å². The van der Waals surface area contributed by atoms with Crippen LogP contribution in [0.3, 0.4) is 0 Å². The molecule has 0 aromatic carbocycles. The van der Waals surface area contributed by atoms with Crippen molar-refractivity contribution in [2.24, 2.45) is 21.1 Å². The molecule has 0 radical (unpaired) electrons. The molecular weight excluding hydrogens is 1210 g/mol. The molecule has 6 aliphatic rings. The van der Waals surface area contributed by atoms with Gasteiger partial charge in [0.15, 0.2) is 0 Å². The number of rotatable bonds is 3. The van der Waals surface area contributed by atoms with E-state index >= 15 is 0 Å². The second-order valence-electron chi connectivity index (χ2n) is 26.1. The van der Waals surface area contributed by atoms with E-state index in [1.54, 1.807) is 35.5 Å². The number of hydrogen-bond acceptors (Lipinski definition) is 16. The Morgan fingerprint density at radius 3 is 1.27 bits per heavy atom. The van der Waals surface area contributed by atoms with Crippen molar-refractivity contribution >= 4 is 40.3 Å². The van der Waals surface area contributed by atoms with Gasteiger partial charge < -0.3 is 24.3 Å². The lowest BCUT2D eigenvalue weighted by Gasteiger charge is -2.26. The molecule has 0 saturated heterocycles. The molecule has 96 heavy (non-hydrogen) atoms. The van der Waals surface area contributed by atoms with Crippen molar-refractivity contribution in [2.75, 3.05) is 14.2 Å². The molecule has 0 atom stereocenters. The van der Waals surface area contributed by atoms with Gasteiger partial charge in [-0.15, -0.1) is 10.2 Å². The van der Waals surface area contributed by atoms with Gasteiger partial charge >= 0.3 is 0 Å². The average Bonchev–Trinajstić information content (AvgIpc) is 1.74. The normalized spacial score (nSPS) is 15.9. The van der Waals surface area contributed by atoms with Gasteiger partial charge in [0.25, 0.3) is 5.82 Å². The van der Waals surface area contributed by atoms with Gasteiger partial charge in [0.2, 0.25) is 23.6 Å². The van der Waals surface area contributed by atoms with E-state index in [1.165, 1.54) is 0 Å². The van der Waals surface area contributed by atoms with Crippen LogP contribution in [-0.4, -0.2) is 148 Å². The topological polar surface area (TPSA) is 259 Å². The number of carbonyl (C=O) groups excluding carboxylic acids is 3. The molecule has 26 nitrogen and oxygen atoms in total. The molecule has 0 N–H and O–H groups in total. The van der Waals surface area contributed by atoms with Crippen molar-refractivity contribution < 1.29 is 19.1 Å². The number of methoxy groups -OCH3 is 1. The zero-order chi connectivity index (χ0) is 67.5. The SMILES string of the molecule is COc1c2c(nn1C)CN(C(C)C)C(=O)CCCn1cc(c(C)n1)C1=CCc3nnc-2cc31.Cc1nn2cc1C1=CCc3nnc(cc31)-c1c(nn(C)c1C)CN(C(C)C)C(=O)CCC2.[C-]#[N+]c1c2c(nn1C)CN(C)C(=O)CCCn1cc(c(C)n1)C1=CCc3nnc-2cc31. The molecule has 3 aliphatic carbocycles. The predicted octanol–water partition coefficient (Wildman–Crippen LogP) is 8.79. The number of ether oxygens (including phenoxy) is 1. The van der Waals surface area contributed by atoms with Crippen molar-refractivity contribution in [2.45, 2.75) is 165 Å². The number of aryl methyl sites for hydroxylation is 9. The molecule has 0 saturated carbocycles. The molecule has 3 amide bonds. The highest BCUT2D eigenvalue weighted by Gasteiger charge is 2.33. The van der Waals surface area contributed by atoms with E-state index in [2.05, 4.69) is 102 Å². The maximum Gasteiger partial charge on any atom is 0.261 e. The summed E-state index contributed by atoms with van der Waals surface area (Å²) in [7, 11) is 8.91. The van der Waals surface area contributed by atoms with Crippen molar-refractivity contribution in [3.05, 3.63) is 157 Å². The van der Waals surface area contributed by atoms with E-state index in [0.717, 1.165) is 150 Å². The minimum Gasteiger partial charge on any atom is -0.481 e. The van der Waals surface area contributed by atoms with Crippen LogP contribution in [0.15, 0.2) is 55.0 Å². The fraction of sp³-hybridized carbons (Fsp3) is 0.429. The summed E-state index contributed by atoms with van der Waals surface area (Å²) in [6, 6.07) is 6.31. The molecule has 0 unspecified atom stereocenters. The summed E-state index contributed by atoms with van der Waals surface area (Å²) in [5.74, 6) is 1.26. The second-order valence-corrected chi connectivity index (χ2v) is 26.1. The smallest absolute Gasteiger partial charge is 0.261 e. The summed E-state index contributed by atoms with van der Waals surface area (Å²) in [4.78, 5) is 48.1. The van der Waals surface area contributed by atoms with Gasteiger partial charge in [0, 0.05) is 155 Å². The fourth-order valence-corrected chi connectivity index (χ4v) is 13.9. The van der Waals surface area contributed by atoms with E-state index in [0.29, 0.717) is 99.3 Å². The van der Waals surface area contributed by atoms with Crippen LogP contribution in [0.2, 0.25) is 0 Å². The number of nitrogens with zero attached hydrogens (tertiary/aromatic N) is 22. The van der Waals surface area contributed by atoms with Crippen LogP contribution in [0.1, 0.15) is 157 Å². The summed E-state index contributed by atoms with van der Waals surface area (Å²) in [5.41, 5.74) is 23.4. The van der Waals surface area contributed by atoms with Gasteiger partial charge in [0.05, 0.1) is 102 Å². The molecule has 3 aliphatic heterocycles. The highest BCUT2D eigenvalue weighted by atomic mass is 16.5. The summed E-state index contributed by atoms with van der Waals surface area (Å²) in [5, 5.41) is 55.3. The molecule has 9 aromatic heterocycles. The van der Waals surface area contributed by atoms with Crippen LogP contribution in [0, 0.1) is 34.3 Å². The lowest BCUT2D eigenvalue weighted by molar-refractivity contribution is -0.134. The average molecular weight is 1290 g/mol. The Bertz CT molecular complexity index is 4740. The number of carbonyl (C=O) groups is 3. The Morgan fingerprint density at radius 1 is 0.458 bits per heavy atom. The largest absolute Gasteiger partial charge is 0.481 e. The third-order valence-corrected chi connectivity index (χ3v) is 19.0. The zero-order valence-corrected chi connectivity index (χ0v) is 56.9. The van der Waals surface area contributed by atoms with Crippen LogP contribution < -0.4 is 4.74 Å². The quantitative estimate of drug-likeness (QED) is 0.150. The van der Waals surface area contributed by atoms with Crippen LogP contribution in [0.4, 0.5) is 5.82 Å². The Kier molecular flexibility index (Phi) is 17.3. The highest BCUT2D eigenvalue weighted by molar-refractivity contribution is 5.90. The van der Waals surface area contributed by atoms with Gasteiger partial charge in [0.1, 0.15) is 11.4 Å². The third kappa shape index (κ3) is 12.0. The van der Waals surface area contributed by atoms with Crippen LogP contribution in [-0.2, 0) is 94.1 Å². The number of allylic oxidation sites excluding steroid dienone is 3. The number of amides is 3. The van der Waals surface area contributed by atoms with Gasteiger partial charge in [-0.25, -0.2) is 9.36 Å². The Morgan fingerprint density at radius 2 is 0.844 bits per heavy atom. The monoisotopic (exact) mass is 1290 g/mol. The highest BCUT2D eigenvalue weighted by Crippen LogP contribution is 2.42. The maximum atomic E-state index is 13.2. The first-order chi connectivity index (χ1) is 46.2. The summed E-state index contributed by atoms with van der Waals surface area (Å²) < 4.78 is 16.7. The molecular formula is C70H80N22O4. The van der Waals surface area contributed by atoms with Gasteiger partial charge in [-0.2, -0.15) is 51.0 Å². The minimum absolute atomic E-state index is 0.0313. The van der Waals surface area contributed by atoms with Crippen LogP contribution in [0.25, 0.3) is 55.3 Å². The lowest BCUT2D eigenvalue weighted by atomic mass is 9.99. The second kappa shape index (κ2) is 26.0. The maximum absolute atomic E-state index is 13.2.